The molecule has 0 aliphatic carbocycles. The second-order valence-electron chi connectivity index (χ2n) is 7.91. The van der Waals surface area contributed by atoms with Crippen LogP contribution in [0.2, 0.25) is 0 Å². The van der Waals surface area contributed by atoms with Gasteiger partial charge in [-0.05, 0) is 69.9 Å². The molecule has 2 aromatic carbocycles. The Balaban J connectivity index is 1.36. The molecule has 9 heteroatoms. The Morgan fingerprint density at radius 1 is 1.15 bits per heavy atom. The number of carbonyl (C=O) groups is 1. The summed E-state index contributed by atoms with van der Waals surface area (Å²) in [6.45, 7) is 2.48. The van der Waals surface area contributed by atoms with Gasteiger partial charge in [-0.1, -0.05) is 24.3 Å². The zero-order chi connectivity index (χ0) is 23.7. The summed E-state index contributed by atoms with van der Waals surface area (Å²) in [5.41, 5.74) is 4.82. The number of hydrogen-bond acceptors (Lipinski definition) is 4. The van der Waals surface area contributed by atoms with Crippen molar-refractivity contribution in [1.29, 1.82) is 0 Å². The van der Waals surface area contributed by atoms with Gasteiger partial charge >= 0.3 is 0 Å². The van der Waals surface area contributed by atoms with E-state index in [1.165, 1.54) is 12.1 Å². The first kappa shape index (κ1) is 22.0. The standard InChI is InChI=1S/C25H20BrFN6O/c1-16-24-22(18-5-7-20(27)8-6-18)9-10-28-25(24)33(31-16)15-23(34)30-21-4-2-3-17(11-21)13-32-14-19(26)12-29-32/h2-12,14H,13,15H2,1H3,(H,30,34). The molecule has 3 heterocycles. The van der Waals surface area contributed by atoms with Crippen LogP contribution in [0.25, 0.3) is 22.2 Å². The van der Waals surface area contributed by atoms with Crippen LogP contribution in [0, 0.1) is 12.7 Å². The minimum atomic E-state index is -0.292. The van der Waals surface area contributed by atoms with E-state index < -0.39 is 0 Å². The Bertz CT molecular complexity index is 1490. The molecule has 170 valence electrons. The highest BCUT2D eigenvalue weighted by Gasteiger charge is 2.16. The second-order valence-corrected chi connectivity index (χ2v) is 8.83. The molecule has 0 atom stereocenters. The molecule has 0 unspecified atom stereocenters. The first-order valence-corrected chi connectivity index (χ1v) is 11.4. The molecular formula is C25H20BrFN6O. The molecule has 5 rings (SSSR count). The lowest BCUT2D eigenvalue weighted by Gasteiger charge is -2.09. The summed E-state index contributed by atoms with van der Waals surface area (Å²) < 4.78 is 17.7. The summed E-state index contributed by atoms with van der Waals surface area (Å²) >= 11 is 3.39. The first-order valence-electron chi connectivity index (χ1n) is 10.6. The Morgan fingerprint density at radius 3 is 2.74 bits per heavy atom. The van der Waals surface area contributed by atoms with E-state index in [2.05, 4.69) is 36.4 Å². The van der Waals surface area contributed by atoms with Crippen LogP contribution in [0.4, 0.5) is 10.1 Å². The largest absolute Gasteiger partial charge is 0.324 e. The SMILES string of the molecule is Cc1nn(CC(=O)Nc2cccc(Cn3cc(Br)cn3)c2)c2nccc(-c3ccc(F)cc3)c12. The molecule has 1 N–H and O–H groups in total. The van der Waals surface area contributed by atoms with Gasteiger partial charge in [0.25, 0.3) is 0 Å². The minimum absolute atomic E-state index is 0.0144. The average molecular weight is 519 g/mol. The van der Waals surface area contributed by atoms with Gasteiger partial charge in [0.05, 0.1) is 22.9 Å². The van der Waals surface area contributed by atoms with Gasteiger partial charge in [0.1, 0.15) is 12.4 Å². The Kier molecular flexibility index (Phi) is 5.93. The Labute approximate surface area is 203 Å². The quantitative estimate of drug-likeness (QED) is 0.335. The number of aromatic nitrogens is 5. The van der Waals surface area contributed by atoms with Gasteiger partial charge in [-0.15, -0.1) is 0 Å². The molecule has 0 fully saturated rings. The number of hydrogen-bond donors (Lipinski definition) is 1. The van der Waals surface area contributed by atoms with Crippen LogP contribution < -0.4 is 5.32 Å². The van der Waals surface area contributed by atoms with Gasteiger partial charge in [0.15, 0.2) is 5.65 Å². The third-order valence-electron chi connectivity index (χ3n) is 5.41. The third-order valence-corrected chi connectivity index (χ3v) is 5.82. The maximum Gasteiger partial charge on any atom is 0.246 e. The number of nitrogens with one attached hydrogen (secondary N) is 1. The fourth-order valence-electron chi connectivity index (χ4n) is 3.96. The number of benzene rings is 2. The predicted octanol–water partition coefficient (Wildman–Crippen LogP) is 5.19. The van der Waals surface area contributed by atoms with E-state index in [9.17, 15) is 9.18 Å². The van der Waals surface area contributed by atoms with Crippen molar-refractivity contribution < 1.29 is 9.18 Å². The molecule has 0 saturated carbocycles. The van der Waals surface area contributed by atoms with Crippen molar-refractivity contribution in [2.24, 2.45) is 0 Å². The lowest BCUT2D eigenvalue weighted by atomic mass is 10.0. The van der Waals surface area contributed by atoms with Crippen molar-refractivity contribution in [3.63, 3.8) is 0 Å². The van der Waals surface area contributed by atoms with E-state index in [0.717, 1.165) is 32.2 Å². The number of anilines is 1. The number of fused-ring (bicyclic) bond motifs is 1. The van der Waals surface area contributed by atoms with Gasteiger partial charge in [0, 0.05) is 23.5 Å². The lowest BCUT2D eigenvalue weighted by molar-refractivity contribution is -0.116. The molecule has 0 radical (unpaired) electrons. The van der Waals surface area contributed by atoms with Gasteiger partial charge in [-0.3, -0.25) is 9.48 Å². The van der Waals surface area contributed by atoms with E-state index in [1.54, 1.807) is 29.2 Å². The number of nitrogens with zero attached hydrogens (tertiary/aromatic N) is 5. The molecule has 7 nitrogen and oxygen atoms in total. The van der Waals surface area contributed by atoms with Gasteiger partial charge < -0.3 is 5.32 Å². The monoisotopic (exact) mass is 518 g/mol. The first-order chi connectivity index (χ1) is 16.5. The number of amides is 1. The van der Waals surface area contributed by atoms with Crippen LogP contribution in [0.1, 0.15) is 11.3 Å². The summed E-state index contributed by atoms with van der Waals surface area (Å²) in [5, 5.41) is 12.6. The molecule has 0 aliphatic heterocycles. The maximum atomic E-state index is 13.4. The van der Waals surface area contributed by atoms with Crippen LogP contribution in [-0.4, -0.2) is 30.5 Å². The Morgan fingerprint density at radius 2 is 1.97 bits per heavy atom. The average Bonchev–Trinajstić information content (AvgIpc) is 3.37. The molecule has 3 aromatic heterocycles. The van der Waals surface area contributed by atoms with E-state index in [1.807, 2.05) is 48.1 Å². The summed E-state index contributed by atoms with van der Waals surface area (Å²) in [4.78, 5) is 17.3. The smallest absolute Gasteiger partial charge is 0.246 e. The molecule has 5 aromatic rings. The maximum absolute atomic E-state index is 13.4. The Hall–Kier alpha value is -3.85. The van der Waals surface area contributed by atoms with Crippen molar-refractivity contribution in [1.82, 2.24) is 24.5 Å². The van der Waals surface area contributed by atoms with E-state index in [0.29, 0.717) is 17.9 Å². The van der Waals surface area contributed by atoms with Gasteiger partial charge in [0.2, 0.25) is 5.91 Å². The molecule has 0 saturated heterocycles. The van der Waals surface area contributed by atoms with Crippen molar-refractivity contribution >= 4 is 38.6 Å². The van der Waals surface area contributed by atoms with Gasteiger partial charge in [-0.2, -0.15) is 10.2 Å². The zero-order valence-corrected chi connectivity index (χ0v) is 19.8. The fourth-order valence-corrected chi connectivity index (χ4v) is 4.29. The van der Waals surface area contributed by atoms with Gasteiger partial charge in [-0.25, -0.2) is 14.1 Å². The molecule has 34 heavy (non-hydrogen) atoms. The minimum Gasteiger partial charge on any atom is -0.324 e. The number of aryl methyl sites for hydroxylation is 1. The predicted molar refractivity (Wildman–Crippen MR) is 132 cm³/mol. The summed E-state index contributed by atoms with van der Waals surface area (Å²) in [6.07, 6.45) is 5.30. The van der Waals surface area contributed by atoms with Crippen molar-refractivity contribution in [3.05, 3.63) is 94.7 Å². The lowest BCUT2D eigenvalue weighted by Crippen LogP contribution is -2.20. The number of halogens is 2. The van der Waals surface area contributed by atoms with Crippen molar-refractivity contribution in [2.75, 3.05) is 5.32 Å². The normalized spacial score (nSPS) is 11.1. The second kappa shape index (κ2) is 9.18. The van der Waals surface area contributed by atoms with Crippen LogP contribution in [0.5, 0.6) is 0 Å². The van der Waals surface area contributed by atoms with Crippen LogP contribution in [-0.2, 0) is 17.9 Å². The molecule has 0 bridgehead atoms. The van der Waals surface area contributed by atoms with Crippen molar-refractivity contribution in [2.45, 2.75) is 20.0 Å². The summed E-state index contributed by atoms with van der Waals surface area (Å²) in [7, 11) is 0. The van der Waals surface area contributed by atoms with E-state index in [-0.39, 0.29) is 18.3 Å². The summed E-state index contributed by atoms with van der Waals surface area (Å²) in [6, 6.07) is 15.8. The summed E-state index contributed by atoms with van der Waals surface area (Å²) in [5.74, 6) is -0.503. The third kappa shape index (κ3) is 4.60. The highest BCUT2D eigenvalue weighted by Crippen LogP contribution is 2.30. The van der Waals surface area contributed by atoms with E-state index >= 15 is 0 Å². The number of pyridine rings is 1. The number of carbonyl (C=O) groups excluding carboxylic acids is 1. The van der Waals surface area contributed by atoms with Crippen LogP contribution in [0.3, 0.4) is 0 Å². The molecule has 0 aliphatic rings. The van der Waals surface area contributed by atoms with Crippen LogP contribution >= 0.6 is 15.9 Å². The zero-order valence-electron chi connectivity index (χ0n) is 18.2. The highest BCUT2D eigenvalue weighted by molar-refractivity contribution is 9.10. The topological polar surface area (TPSA) is 77.6 Å². The van der Waals surface area contributed by atoms with E-state index in [4.69, 9.17) is 0 Å². The molecule has 0 spiro atoms. The number of rotatable bonds is 6. The highest BCUT2D eigenvalue weighted by atomic mass is 79.9. The molecular weight excluding hydrogens is 499 g/mol. The van der Waals surface area contributed by atoms with Crippen LogP contribution in [0.15, 0.2) is 77.7 Å². The van der Waals surface area contributed by atoms with Crippen molar-refractivity contribution in [3.8, 4) is 11.1 Å². The fraction of sp³-hybridized carbons (Fsp3) is 0.120. The molecule has 1 amide bonds.